The minimum atomic E-state index is -0.236. The van der Waals surface area contributed by atoms with Gasteiger partial charge in [0.2, 0.25) is 0 Å². The Morgan fingerprint density at radius 1 is 1.17 bits per heavy atom. The summed E-state index contributed by atoms with van der Waals surface area (Å²) in [7, 11) is 0. The van der Waals surface area contributed by atoms with E-state index in [1.54, 1.807) is 17.2 Å². The van der Waals surface area contributed by atoms with E-state index in [1.807, 2.05) is 56.3 Å². The molecule has 7 nitrogen and oxygen atoms in total. The van der Waals surface area contributed by atoms with Crippen molar-refractivity contribution in [1.29, 1.82) is 0 Å². The van der Waals surface area contributed by atoms with Crippen LogP contribution in [0, 0.1) is 6.92 Å². The Balaban J connectivity index is 1.63. The molecule has 1 fully saturated rings. The fraction of sp³-hybridized carbons (Fsp3) is 0.308. The van der Waals surface area contributed by atoms with E-state index >= 15 is 0 Å². The lowest BCUT2D eigenvalue weighted by atomic mass is 10.1. The first-order valence-electron chi connectivity index (χ1n) is 11.6. The molecule has 3 aromatic rings. The number of hydrogen-bond donors (Lipinski definition) is 1. The van der Waals surface area contributed by atoms with Gasteiger partial charge in [-0.3, -0.25) is 18.9 Å². The predicted octanol–water partition coefficient (Wildman–Crippen LogP) is 4.29. The second kappa shape index (κ2) is 11.6. The van der Waals surface area contributed by atoms with Gasteiger partial charge in [0.25, 0.3) is 11.5 Å². The molecule has 0 radical (unpaired) electrons. The van der Waals surface area contributed by atoms with Crippen LogP contribution in [0.15, 0.2) is 58.4 Å². The quantitative estimate of drug-likeness (QED) is 0.249. The topological polar surface area (TPSA) is 75.9 Å². The number of thiocarbonyl (C=S) groups is 1. The number of carbonyl (C=O) groups excluding carboxylic acids is 1. The first-order chi connectivity index (χ1) is 17.0. The van der Waals surface area contributed by atoms with Crippen molar-refractivity contribution in [1.82, 2.24) is 14.3 Å². The highest BCUT2D eigenvalue weighted by Gasteiger charge is 2.32. The van der Waals surface area contributed by atoms with E-state index in [0.29, 0.717) is 59.0 Å². The third kappa shape index (κ3) is 5.80. The van der Waals surface area contributed by atoms with E-state index in [9.17, 15) is 9.59 Å². The van der Waals surface area contributed by atoms with Crippen molar-refractivity contribution in [3.05, 3.63) is 80.6 Å². The molecular weight excluding hydrogens is 480 g/mol. The molecule has 0 unspecified atom stereocenters. The second-order valence-electron chi connectivity index (χ2n) is 8.11. The van der Waals surface area contributed by atoms with Gasteiger partial charge in [-0.1, -0.05) is 60.4 Å². The SMILES string of the molecule is CCOCCCNc1nc2c(C)cccn2c(=O)c1/C=C1/SC(=S)N(CCc2ccccc2)C1=O. The number of nitrogens with zero attached hydrogens (tertiary/aromatic N) is 3. The first-order valence-corrected chi connectivity index (χ1v) is 12.8. The molecule has 35 heavy (non-hydrogen) atoms. The molecule has 1 amide bonds. The van der Waals surface area contributed by atoms with Crippen LogP contribution in [0.4, 0.5) is 5.82 Å². The van der Waals surface area contributed by atoms with Crippen LogP contribution in [0.25, 0.3) is 11.7 Å². The van der Waals surface area contributed by atoms with Crippen molar-refractivity contribution < 1.29 is 9.53 Å². The van der Waals surface area contributed by atoms with Crippen LogP contribution < -0.4 is 10.9 Å². The number of carbonyl (C=O) groups is 1. The third-order valence-corrected chi connectivity index (χ3v) is 7.04. The lowest BCUT2D eigenvalue weighted by Crippen LogP contribution is -2.30. The minimum Gasteiger partial charge on any atom is -0.382 e. The number of benzene rings is 1. The Morgan fingerprint density at radius 2 is 1.97 bits per heavy atom. The van der Waals surface area contributed by atoms with E-state index in [4.69, 9.17) is 21.9 Å². The van der Waals surface area contributed by atoms with Gasteiger partial charge in [-0.25, -0.2) is 4.98 Å². The summed E-state index contributed by atoms with van der Waals surface area (Å²) in [5, 5.41) is 3.27. The fourth-order valence-corrected chi connectivity index (χ4v) is 5.10. The summed E-state index contributed by atoms with van der Waals surface area (Å²) in [6.07, 6.45) is 4.78. The van der Waals surface area contributed by atoms with Crippen LogP contribution >= 0.6 is 24.0 Å². The van der Waals surface area contributed by atoms with Crippen molar-refractivity contribution in [3.8, 4) is 0 Å². The minimum absolute atomic E-state index is 0.188. The highest BCUT2D eigenvalue weighted by atomic mass is 32.2. The summed E-state index contributed by atoms with van der Waals surface area (Å²) in [6.45, 7) is 6.22. The summed E-state index contributed by atoms with van der Waals surface area (Å²) < 4.78 is 7.42. The summed E-state index contributed by atoms with van der Waals surface area (Å²) >= 11 is 6.71. The van der Waals surface area contributed by atoms with Crippen LogP contribution in [0.3, 0.4) is 0 Å². The van der Waals surface area contributed by atoms with Gasteiger partial charge in [0.15, 0.2) is 0 Å². The summed E-state index contributed by atoms with van der Waals surface area (Å²) in [6, 6.07) is 13.7. The number of aryl methyl sites for hydroxylation is 1. The number of nitrogens with one attached hydrogen (secondary N) is 1. The molecule has 0 spiro atoms. The van der Waals surface area contributed by atoms with Gasteiger partial charge >= 0.3 is 0 Å². The number of rotatable bonds is 10. The number of fused-ring (bicyclic) bond motifs is 1. The highest BCUT2D eigenvalue weighted by molar-refractivity contribution is 8.26. The highest BCUT2D eigenvalue weighted by Crippen LogP contribution is 2.33. The first kappa shape index (κ1) is 25.1. The van der Waals surface area contributed by atoms with Crippen LogP contribution in [0.2, 0.25) is 0 Å². The lowest BCUT2D eigenvalue weighted by Gasteiger charge is -2.14. The number of thioether (sulfide) groups is 1. The zero-order valence-corrected chi connectivity index (χ0v) is 21.5. The summed E-state index contributed by atoms with van der Waals surface area (Å²) in [5.41, 5.74) is 2.71. The Morgan fingerprint density at radius 3 is 2.74 bits per heavy atom. The smallest absolute Gasteiger partial charge is 0.267 e. The number of hydrogen-bond acceptors (Lipinski definition) is 7. The number of ether oxygens (including phenoxy) is 1. The van der Waals surface area contributed by atoms with Gasteiger partial charge < -0.3 is 10.1 Å². The van der Waals surface area contributed by atoms with Gasteiger partial charge in [0.1, 0.15) is 15.8 Å². The number of pyridine rings is 1. The van der Waals surface area contributed by atoms with Gasteiger partial charge in [0, 0.05) is 32.5 Å². The van der Waals surface area contributed by atoms with Crippen LogP contribution in [0.1, 0.15) is 30.0 Å². The Labute approximate surface area is 214 Å². The molecule has 0 bridgehead atoms. The maximum atomic E-state index is 13.5. The average molecular weight is 509 g/mol. The van der Waals surface area contributed by atoms with Gasteiger partial charge in [-0.2, -0.15) is 0 Å². The van der Waals surface area contributed by atoms with E-state index in [1.165, 1.54) is 16.2 Å². The molecule has 1 saturated heterocycles. The molecule has 4 rings (SSSR count). The van der Waals surface area contributed by atoms with E-state index < -0.39 is 0 Å². The van der Waals surface area contributed by atoms with Crippen LogP contribution in [-0.4, -0.2) is 50.8 Å². The normalized spacial score (nSPS) is 14.9. The Hall–Kier alpha value is -3.01. The molecule has 0 aliphatic carbocycles. The number of anilines is 1. The molecule has 1 aliphatic heterocycles. The largest absolute Gasteiger partial charge is 0.382 e. The number of aromatic nitrogens is 2. The van der Waals surface area contributed by atoms with Crippen molar-refractivity contribution >= 4 is 51.7 Å². The predicted molar refractivity (Wildman–Crippen MR) is 146 cm³/mol. The average Bonchev–Trinajstić information content (AvgIpc) is 3.13. The zero-order valence-electron chi connectivity index (χ0n) is 19.8. The molecule has 0 atom stereocenters. The summed E-state index contributed by atoms with van der Waals surface area (Å²) in [5.74, 6) is 0.266. The van der Waals surface area contributed by atoms with E-state index in [0.717, 1.165) is 17.5 Å². The van der Waals surface area contributed by atoms with Crippen molar-refractivity contribution in [2.24, 2.45) is 0 Å². The Bertz CT molecular complexity index is 1320. The molecule has 1 aliphatic rings. The molecule has 2 aromatic heterocycles. The zero-order chi connectivity index (χ0) is 24.8. The molecule has 1 N–H and O–H groups in total. The van der Waals surface area contributed by atoms with Crippen molar-refractivity contribution in [2.45, 2.75) is 26.7 Å². The van der Waals surface area contributed by atoms with E-state index in [-0.39, 0.29) is 11.5 Å². The molecule has 1 aromatic carbocycles. The maximum Gasteiger partial charge on any atom is 0.267 e. The monoisotopic (exact) mass is 508 g/mol. The van der Waals surface area contributed by atoms with Crippen LogP contribution in [-0.2, 0) is 16.0 Å². The van der Waals surface area contributed by atoms with Gasteiger partial charge in [0.05, 0.1) is 10.5 Å². The van der Waals surface area contributed by atoms with Gasteiger partial charge in [-0.05, 0) is 50.0 Å². The Kier molecular flexibility index (Phi) is 8.33. The third-order valence-electron chi connectivity index (χ3n) is 5.66. The van der Waals surface area contributed by atoms with E-state index in [2.05, 4.69) is 5.32 Å². The van der Waals surface area contributed by atoms with Crippen molar-refractivity contribution in [3.63, 3.8) is 0 Å². The molecule has 9 heteroatoms. The molecule has 182 valence electrons. The summed E-state index contributed by atoms with van der Waals surface area (Å²) in [4.78, 5) is 33.4. The molecule has 3 heterocycles. The van der Waals surface area contributed by atoms with Gasteiger partial charge in [-0.15, -0.1) is 0 Å². The molecular formula is C26H28N4O3S2. The molecule has 0 saturated carbocycles. The van der Waals surface area contributed by atoms with Crippen molar-refractivity contribution in [2.75, 3.05) is 31.6 Å². The standard InChI is InChI=1S/C26H28N4O3S2/c1-3-33-16-8-13-27-22-20(24(31)29-14-7-9-18(2)23(29)28-22)17-21-25(32)30(26(34)35-21)15-12-19-10-5-4-6-11-19/h4-7,9-11,14,17,27H,3,8,12-13,15-16H2,1-2H3/b21-17+. The van der Waals surface area contributed by atoms with Crippen LogP contribution in [0.5, 0.6) is 0 Å². The lowest BCUT2D eigenvalue weighted by molar-refractivity contribution is -0.122. The fourth-order valence-electron chi connectivity index (χ4n) is 3.81. The maximum absolute atomic E-state index is 13.5. The number of amides is 1. The second-order valence-corrected chi connectivity index (χ2v) is 9.79.